The maximum atomic E-state index is 11.9. The van der Waals surface area contributed by atoms with Gasteiger partial charge >= 0.3 is 0 Å². The summed E-state index contributed by atoms with van der Waals surface area (Å²) < 4.78 is 0. The summed E-state index contributed by atoms with van der Waals surface area (Å²) in [7, 11) is 0. The molecule has 0 saturated carbocycles. The number of amides is 1. The van der Waals surface area contributed by atoms with Crippen LogP contribution in [0.4, 0.5) is 5.69 Å². The molecule has 92 valence electrons. The van der Waals surface area contributed by atoms with Crippen molar-refractivity contribution < 1.29 is 4.79 Å². The highest BCUT2D eigenvalue weighted by atomic mass is 32.1. The van der Waals surface area contributed by atoms with Gasteiger partial charge in [-0.1, -0.05) is 24.3 Å². The van der Waals surface area contributed by atoms with Crippen molar-refractivity contribution in [2.45, 2.75) is 6.42 Å². The van der Waals surface area contributed by atoms with Gasteiger partial charge in [-0.25, -0.2) is 0 Å². The van der Waals surface area contributed by atoms with Crippen LogP contribution in [0.5, 0.6) is 0 Å². The quantitative estimate of drug-likeness (QED) is 0.917. The number of benzene rings is 1. The molecule has 1 aromatic carbocycles. The van der Waals surface area contributed by atoms with Crippen LogP contribution in [0.3, 0.4) is 0 Å². The van der Waals surface area contributed by atoms with Gasteiger partial charge in [0, 0.05) is 4.88 Å². The highest BCUT2D eigenvalue weighted by molar-refractivity contribution is 7.09. The highest BCUT2D eigenvalue weighted by Gasteiger charge is 2.30. The summed E-state index contributed by atoms with van der Waals surface area (Å²) in [6.45, 7) is 0.737. The third-order valence-electron chi connectivity index (χ3n) is 3.11. The zero-order valence-corrected chi connectivity index (χ0v) is 10.7. The lowest BCUT2D eigenvalue weighted by molar-refractivity contribution is -0.122. The van der Waals surface area contributed by atoms with Crippen molar-refractivity contribution in [3.05, 3.63) is 52.7 Å². The SMILES string of the molecule is O=C1NN(c2ccccc2)CC1Cc1cccs1. The molecule has 4 heteroatoms. The number of rotatable bonds is 3. The van der Waals surface area contributed by atoms with E-state index in [0.29, 0.717) is 0 Å². The van der Waals surface area contributed by atoms with E-state index in [1.54, 1.807) is 11.3 Å². The standard InChI is InChI=1S/C14H14N2OS/c17-14-11(9-13-7-4-8-18-13)10-16(15-14)12-5-2-1-3-6-12/h1-8,11H,9-10H2,(H,15,17). The van der Waals surface area contributed by atoms with Crippen LogP contribution in [0.1, 0.15) is 4.88 Å². The van der Waals surface area contributed by atoms with Crippen molar-refractivity contribution in [3.8, 4) is 0 Å². The van der Waals surface area contributed by atoms with Gasteiger partial charge in [0.25, 0.3) is 0 Å². The molecule has 0 aliphatic carbocycles. The van der Waals surface area contributed by atoms with Gasteiger partial charge in [-0.3, -0.25) is 15.2 Å². The number of nitrogens with zero attached hydrogens (tertiary/aromatic N) is 1. The van der Waals surface area contributed by atoms with Crippen molar-refractivity contribution in [3.63, 3.8) is 0 Å². The first-order valence-corrected chi connectivity index (χ1v) is 6.86. The topological polar surface area (TPSA) is 32.3 Å². The first kappa shape index (κ1) is 11.3. The smallest absolute Gasteiger partial charge is 0.243 e. The maximum Gasteiger partial charge on any atom is 0.243 e. The lowest BCUT2D eigenvalue weighted by Crippen LogP contribution is -2.32. The summed E-state index contributed by atoms with van der Waals surface area (Å²) in [6.07, 6.45) is 0.826. The van der Waals surface area contributed by atoms with E-state index < -0.39 is 0 Å². The van der Waals surface area contributed by atoms with Crippen LogP contribution in [0.25, 0.3) is 0 Å². The van der Waals surface area contributed by atoms with E-state index in [1.807, 2.05) is 41.4 Å². The molecule has 0 radical (unpaired) electrons. The van der Waals surface area contributed by atoms with Crippen molar-refractivity contribution >= 4 is 22.9 Å². The zero-order chi connectivity index (χ0) is 12.4. The van der Waals surface area contributed by atoms with E-state index in [2.05, 4.69) is 16.9 Å². The Morgan fingerprint density at radius 1 is 1.22 bits per heavy atom. The fourth-order valence-electron chi connectivity index (χ4n) is 2.18. The summed E-state index contributed by atoms with van der Waals surface area (Å²) in [6, 6.07) is 14.1. The number of thiophene rings is 1. The monoisotopic (exact) mass is 258 g/mol. The van der Waals surface area contributed by atoms with Gasteiger partial charge in [-0.05, 0) is 30.0 Å². The third-order valence-corrected chi connectivity index (χ3v) is 4.01. The maximum absolute atomic E-state index is 11.9. The minimum atomic E-state index is 0.0452. The number of hydrogen-bond donors (Lipinski definition) is 1. The second-order valence-corrected chi connectivity index (χ2v) is 5.43. The zero-order valence-electron chi connectivity index (χ0n) is 9.87. The van der Waals surface area contributed by atoms with Gasteiger partial charge in [0.2, 0.25) is 5.91 Å². The molecule has 2 heterocycles. The fourth-order valence-corrected chi connectivity index (χ4v) is 2.97. The van der Waals surface area contributed by atoms with Crippen LogP contribution in [0, 0.1) is 5.92 Å². The molecule has 1 aliphatic rings. The first-order chi connectivity index (χ1) is 8.83. The molecule has 1 amide bonds. The second kappa shape index (κ2) is 4.82. The molecular formula is C14H14N2OS. The van der Waals surface area contributed by atoms with Crippen LogP contribution < -0.4 is 10.4 Å². The fraction of sp³-hybridized carbons (Fsp3) is 0.214. The van der Waals surface area contributed by atoms with Crippen molar-refractivity contribution in [2.24, 2.45) is 5.92 Å². The van der Waals surface area contributed by atoms with Gasteiger partial charge in [0.15, 0.2) is 0 Å². The minimum Gasteiger partial charge on any atom is -0.285 e. The number of hydrogen-bond acceptors (Lipinski definition) is 3. The number of nitrogens with one attached hydrogen (secondary N) is 1. The number of carbonyl (C=O) groups excluding carboxylic acids is 1. The van der Waals surface area contributed by atoms with Crippen molar-refractivity contribution in [1.82, 2.24) is 5.43 Å². The molecule has 0 bridgehead atoms. The molecular weight excluding hydrogens is 244 g/mol. The van der Waals surface area contributed by atoms with E-state index >= 15 is 0 Å². The van der Waals surface area contributed by atoms with E-state index in [-0.39, 0.29) is 11.8 Å². The summed E-state index contributed by atoms with van der Waals surface area (Å²) in [5, 5.41) is 3.98. The van der Waals surface area contributed by atoms with Gasteiger partial charge in [0.1, 0.15) is 0 Å². The molecule has 0 spiro atoms. The van der Waals surface area contributed by atoms with Crippen molar-refractivity contribution in [2.75, 3.05) is 11.6 Å². The summed E-state index contributed by atoms with van der Waals surface area (Å²) in [4.78, 5) is 13.2. The Balaban J connectivity index is 1.71. The van der Waals surface area contributed by atoms with Crippen molar-refractivity contribution in [1.29, 1.82) is 0 Å². The van der Waals surface area contributed by atoms with Gasteiger partial charge in [0.05, 0.1) is 18.2 Å². The molecule has 18 heavy (non-hydrogen) atoms. The Hall–Kier alpha value is -1.81. The van der Waals surface area contributed by atoms with Gasteiger partial charge in [-0.15, -0.1) is 11.3 Å². The molecule has 2 aromatic rings. The Bertz CT molecular complexity index is 524. The molecule has 1 unspecified atom stereocenters. The second-order valence-electron chi connectivity index (χ2n) is 4.40. The summed E-state index contributed by atoms with van der Waals surface area (Å²) in [5.74, 6) is 0.163. The molecule has 1 aliphatic heterocycles. The summed E-state index contributed by atoms with van der Waals surface area (Å²) >= 11 is 1.71. The average Bonchev–Trinajstić information content (AvgIpc) is 3.02. The predicted molar refractivity (Wildman–Crippen MR) is 73.4 cm³/mol. The Morgan fingerprint density at radius 2 is 2.06 bits per heavy atom. The number of para-hydroxylation sites is 1. The predicted octanol–water partition coefficient (Wildman–Crippen LogP) is 2.46. The lowest BCUT2D eigenvalue weighted by Gasteiger charge is -2.17. The molecule has 3 nitrogen and oxygen atoms in total. The highest BCUT2D eigenvalue weighted by Crippen LogP contribution is 2.22. The third kappa shape index (κ3) is 2.24. The molecule has 1 saturated heterocycles. The van der Waals surface area contributed by atoms with Crippen LogP contribution in [0.15, 0.2) is 47.8 Å². The molecule has 1 aromatic heterocycles. The van der Waals surface area contributed by atoms with E-state index in [9.17, 15) is 4.79 Å². The normalized spacial score (nSPS) is 19.0. The van der Waals surface area contributed by atoms with Crippen LogP contribution in [-0.2, 0) is 11.2 Å². The molecule has 1 atom stereocenters. The summed E-state index contributed by atoms with van der Waals surface area (Å²) in [5.41, 5.74) is 3.97. The molecule has 1 N–H and O–H groups in total. The largest absolute Gasteiger partial charge is 0.285 e. The van der Waals surface area contributed by atoms with Gasteiger partial charge in [-0.2, -0.15) is 0 Å². The molecule has 3 rings (SSSR count). The number of carbonyl (C=O) groups is 1. The van der Waals surface area contributed by atoms with E-state index in [4.69, 9.17) is 0 Å². The Morgan fingerprint density at radius 3 is 2.78 bits per heavy atom. The first-order valence-electron chi connectivity index (χ1n) is 5.98. The van der Waals surface area contributed by atoms with Crippen LogP contribution in [-0.4, -0.2) is 12.5 Å². The van der Waals surface area contributed by atoms with E-state index in [1.165, 1.54) is 4.88 Å². The van der Waals surface area contributed by atoms with E-state index in [0.717, 1.165) is 18.7 Å². The average molecular weight is 258 g/mol. The molecule has 1 fully saturated rings. The van der Waals surface area contributed by atoms with Crippen LogP contribution >= 0.6 is 11.3 Å². The van der Waals surface area contributed by atoms with Gasteiger partial charge < -0.3 is 0 Å². The Labute approximate surface area is 110 Å². The van der Waals surface area contributed by atoms with Crippen LogP contribution in [0.2, 0.25) is 0 Å². The lowest BCUT2D eigenvalue weighted by atomic mass is 10.1. The number of hydrazine groups is 1. The number of anilines is 1. The Kier molecular flexibility index (Phi) is 3.02. The minimum absolute atomic E-state index is 0.0452.